The number of para-hydroxylation sites is 1. The van der Waals surface area contributed by atoms with E-state index in [9.17, 15) is 19.5 Å². The first-order chi connectivity index (χ1) is 20.9. The molecule has 4 amide bonds. The fraction of sp³-hybridized carbons (Fsp3) is 0.212. The Morgan fingerprint density at radius 1 is 1.05 bits per heavy atom. The molecule has 2 fully saturated rings. The number of aromatic hydroxyl groups is 1. The number of aromatic nitrogens is 1. The van der Waals surface area contributed by atoms with Crippen molar-refractivity contribution in [1.82, 2.24) is 30.1 Å². The lowest BCUT2D eigenvalue weighted by Crippen LogP contribution is -2.62. The molecule has 2 aliphatic heterocycles. The molecule has 0 spiro atoms. The first-order valence-electron chi connectivity index (χ1n) is 14.1. The number of fused-ring (bicyclic) bond motifs is 2. The highest BCUT2D eigenvalue weighted by Gasteiger charge is 2.52. The molecule has 4 aromatic rings. The largest absolute Gasteiger partial charge is 0.508 e. The Morgan fingerprint density at radius 3 is 2.63 bits per heavy atom. The Morgan fingerprint density at radius 2 is 1.84 bits per heavy atom. The number of amides is 4. The summed E-state index contributed by atoms with van der Waals surface area (Å²) in [5, 5.41) is 17.4. The van der Waals surface area contributed by atoms with Crippen molar-refractivity contribution in [3.05, 3.63) is 120 Å². The molecule has 3 heterocycles. The van der Waals surface area contributed by atoms with Gasteiger partial charge in [0.15, 0.2) is 0 Å². The van der Waals surface area contributed by atoms with Gasteiger partial charge in [-0.2, -0.15) is 5.01 Å². The number of piperazine rings is 1. The number of hydrogen-bond donors (Lipinski definition) is 2. The van der Waals surface area contributed by atoms with Crippen LogP contribution in [-0.2, 0) is 22.7 Å². The third kappa shape index (κ3) is 5.52. The number of phenols is 1. The minimum Gasteiger partial charge on any atom is -0.508 e. The van der Waals surface area contributed by atoms with Crippen molar-refractivity contribution in [2.75, 3.05) is 19.6 Å². The summed E-state index contributed by atoms with van der Waals surface area (Å²) in [6.07, 6.45) is 2.69. The van der Waals surface area contributed by atoms with E-state index < -0.39 is 12.2 Å². The van der Waals surface area contributed by atoms with Crippen LogP contribution >= 0.6 is 0 Å². The fourth-order valence-corrected chi connectivity index (χ4v) is 5.89. The summed E-state index contributed by atoms with van der Waals surface area (Å²) >= 11 is 0. The van der Waals surface area contributed by atoms with Crippen LogP contribution in [0.1, 0.15) is 22.7 Å². The maximum atomic E-state index is 14.2. The van der Waals surface area contributed by atoms with E-state index in [4.69, 9.17) is 0 Å². The number of nitrogens with zero attached hydrogens (tertiary/aromatic N) is 5. The molecule has 0 unspecified atom stereocenters. The number of carbonyl (C=O) groups is 3. The maximum absolute atomic E-state index is 14.2. The van der Waals surface area contributed by atoms with Gasteiger partial charge in [-0.25, -0.2) is 4.79 Å². The zero-order valence-electron chi connectivity index (χ0n) is 23.5. The Balaban J connectivity index is 1.35. The molecule has 2 atom stereocenters. The Bertz CT molecular complexity index is 1670. The monoisotopic (exact) mass is 576 g/mol. The van der Waals surface area contributed by atoms with Gasteiger partial charge in [-0.1, -0.05) is 72.8 Å². The molecule has 10 nitrogen and oxygen atoms in total. The van der Waals surface area contributed by atoms with Crippen molar-refractivity contribution in [3.63, 3.8) is 0 Å². The summed E-state index contributed by atoms with van der Waals surface area (Å²) in [4.78, 5) is 49.1. The zero-order chi connectivity index (χ0) is 29.9. The van der Waals surface area contributed by atoms with Crippen molar-refractivity contribution in [2.24, 2.45) is 0 Å². The number of nitrogens with one attached hydrogen (secondary N) is 1. The number of hydrogen-bond acceptors (Lipinski definition) is 6. The molecule has 10 heteroatoms. The van der Waals surface area contributed by atoms with E-state index in [-0.39, 0.29) is 49.8 Å². The number of phenolic OH excluding ortho intramolecular Hbond substituents is 1. The molecule has 2 aliphatic rings. The summed E-state index contributed by atoms with van der Waals surface area (Å²) < 4.78 is 0. The van der Waals surface area contributed by atoms with Crippen LogP contribution in [0.5, 0.6) is 5.75 Å². The van der Waals surface area contributed by atoms with Gasteiger partial charge in [-0.05, 0) is 34.9 Å². The van der Waals surface area contributed by atoms with Crippen LogP contribution in [0.25, 0.3) is 10.9 Å². The summed E-state index contributed by atoms with van der Waals surface area (Å²) in [6, 6.07) is 24.3. The topological polar surface area (TPSA) is 109 Å². The lowest BCUT2D eigenvalue weighted by atomic mass is 9.99. The summed E-state index contributed by atoms with van der Waals surface area (Å²) in [6.45, 7) is 4.65. The number of urea groups is 1. The highest BCUT2D eigenvalue weighted by atomic mass is 16.3. The highest BCUT2D eigenvalue weighted by molar-refractivity contribution is 5.93. The van der Waals surface area contributed by atoms with E-state index in [1.807, 2.05) is 60.7 Å². The quantitative estimate of drug-likeness (QED) is 0.309. The minimum atomic E-state index is -0.982. The lowest BCUT2D eigenvalue weighted by Gasteiger charge is -2.46. The van der Waals surface area contributed by atoms with Crippen molar-refractivity contribution in [2.45, 2.75) is 25.3 Å². The van der Waals surface area contributed by atoms with Crippen molar-refractivity contribution < 1.29 is 19.5 Å². The van der Waals surface area contributed by atoms with Crippen LogP contribution < -0.4 is 5.32 Å². The summed E-state index contributed by atoms with van der Waals surface area (Å²) in [7, 11) is 0. The standard InChI is InChI=1S/C33H32N6O4/c1-2-17-37(33(43)35-19-23-9-4-3-5-10-23)38-22-29(41)39-28(38)21-36(32(42)31(39)25-12-7-15-27(40)18-25)20-26-13-6-11-24-14-8-16-34-30(24)26/h2-16,18,28,31,40H,1,17,19-22H2,(H,35,43)/t28-,31+/m1/s1. The van der Waals surface area contributed by atoms with E-state index in [1.165, 1.54) is 22.0 Å². The van der Waals surface area contributed by atoms with Crippen LogP contribution in [-0.4, -0.2) is 73.6 Å². The van der Waals surface area contributed by atoms with Gasteiger partial charge in [0.1, 0.15) is 18.0 Å². The Hall–Kier alpha value is -5.22. The van der Waals surface area contributed by atoms with Crippen LogP contribution in [0.15, 0.2) is 104 Å². The third-order valence-electron chi connectivity index (χ3n) is 7.85. The van der Waals surface area contributed by atoms with Gasteiger partial charge < -0.3 is 20.2 Å². The number of rotatable bonds is 8. The zero-order valence-corrected chi connectivity index (χ0v) is 23.5. The van der Waals surface area contributed by atoms with Crippen molar-refractivity contribution >= 4 is 28.7 Å². The number of carbonyl (C=O) groups excluding carboxylic acids is 3. The molecule has 0 bridgehead atoms. The van der Waals surface area contributed by atoms with Crippen LogP contribution in [0.2, 0.25) is 0 Å². The average molecular weight is 577 g/mol. The molecule has 0 radical (unpaired) electrons. The van der Waals surface area contributed by atoms with E-state index in [1.54, 1.807) is 34.3 Å². The molecule has 0 saturated carbocycles. The number of pyridine rings is 1. The minimum absolute atomic E-state index is 0.00528. The predicted octanol–water partition coefficient (Wildman–Crippen LogP) is 3.81. The number of hydrazine groups is 1. The van der Waals surface area contributed by atoms with E-state index in [0.717, 1.165) is 22.0 Å². The molecular weight excluding hydrogens is 544 g/mol. The Labute approximate surface area is 249 Å². The third-order valence-corrected chi connectivity index (χ3v) is 7.85. The van der Waals surface area contributed by atoms with Gasteiger partial charge in [0.05, 0.1) is 25.2 Å². The number of benzene rings is 3. The summed E-state index contributed by atoms with van der Waals surface area (Å²) in [5.74, 6) is -0.564. The van der Waals surface area contributed by atoms with Gasteiger partial charge in [0.25, 0.3) is 5.91 Å². The fourth-order valence-electron chi connectivity index (χ4n) is 5.89. The molecule has 43 heavy (non-hydrogen) atoms. The maximum Gasteiger partial charge on any atom is 0.332 e. The van der Waals surface area contributed by atoms with Crippen molar-refractivity contribution in [3.8, 4) is 5.75 Å². The molecule has 2 N–H and O–H groups in total. The molecule has 2 saturated heterocycles. The van der Waals surface area contributed by atoms with Gasteiger partial charge in [0, 0.05) is 24.7 Å². The average Bonchev–Trinajstić information content (AvgIpc) is 3.34. The van der Waals surface area contributed by atoms with Crippen LogP contribution in [0.3, 0.4) is 0 Å². The second kappa shape index (κ2) is 11.9. The van der Waals surface area contributed by atoms with Crippen LogP contribution in [0, 0.1) is 0 Å². The van der Waals surface area contributed by atoms with Gasteiger partial charge >= 0.3 is 6.03 Å². The normalized spacial score (nSPS) is 18.5. The predicted molar refractivity (Wildman–Crippen MR) is 161 cm³/mol. The molecule has 1 aromatic heterocycles. The van der Waals surface area contributed by atoms with Crippen LogP contribution in [0.4, 0.5) is 4.79 Å². The van der Waals surface area contributed by atoms with Gasteiger partial charge in [-0.15, -0.1) is 6.58 Å². The van der Waals surface area contributed by atoms with E-state index in [0.29, 0.717) is 12.1 Å². The summed E-state index contributed by atoms with van der Waals surface area (Å²) in [5.41, 5.74) is 3.10. The lowest BCUT2D eigenvalue weighted by molar-refractivity contribution is -0.158. The Kier molecular flexibility index (Phi) is 7.76. The molecule has 0 aliphatic carbocycles. The second-order valence-corrected chi connectivity index (χ2v) is 10.6. The molecule has 3 aromatic carbocycles. The van der Waals surface area contributed by atoms with Crippen molar-refractivity contribution in [1.29, 1.82) is 0 Å². The molecule has 218 valence electrons. The molecule has 6 rings (SSSR count). The SMILES string of the molecule is C=CCN(C(=O)NCc1ccccc1)N1CC(=O)N2[C@@H](c3cccc(O)c3)C(=O)N(Cc3cccc4cccnc34)C[C@@H]21. The second-order valence-electron chi connectivity index (χ2n) is 10.6. The van der Waals surface area contributed by atoms with E-state index in [2.05, 4.69) is 16.9 Å². The first-order valence-corrected chi connectivity index (χ1v) is 14.1. The van der Waals surface area contributed by atoms with Gasteiger partial charge in [-0.3, -0.25) is 19.6 Å². The van der Waals surface area contributed by atoms with E-state index >= 15 is 0 Å². The van der Waals surface area contributed by atoms with Gasteiger partial charge in [0.2, 0.25) is 5.91 Å². The first kappa shape index (κ1) is 27.9. The smallest absolute Gasteiger partial charge is 0.332 e. The molecular formula is C33H32N6O4. The highest BCUT2D eigenvalue weighted by Crippen LogP contribution is 2.37.